The average molecular weight is 418 g/mol. The number of piperidine rings is 1. The van der Waals surface area contributed by atoms with Gasteiger partial charge in [0.1, 0.15) is 10.6 Å². The summed E-state index contributed by atoms with van der Waals surface area (Å²) in [4.78, 5) is 14.8. The molecule has 0 saturated carbocycles. The average Bonchev–Trinajstić information content (AvgIpc) is 3.09. The number of amides is 1. The maximum atomic E-state index is 12.9. The molecular weight excluding hydrogens is 390 g/mol. The predicted octanol–water partition coefficient (Wildman–Crippen LogP) is 1.58. The lowest BCUT2D eigenvalue weighted by atomic mass is 9.78. The van der Waals surface area contributed by atoms with Crippen LogP contribution in [0.1, 0.15) is 29.6 Å². The Bertz CT molecular complexity index is 782. The van der Waals surface area contributed by atoms with Crippen molar-refractivity contribution in [1.29, 1.82) is 0 Å². The molecule has 0 aromatic heterocycles. The summed E-state index contributed by atoms with van der Waals surface area (Å²) >= 11 is 0. The first-order valence-electron chi connectivity index (χ1n) is 8.90. The van der Waals surface area contributed by atoms with Crippen LogP contribution in [0.2, 0.25) is 0 Å². The van der Waals surface area contributed by atoms with Gasteiger partial charge in [0.25, 0.3) is 5.91 Å². The smallest absolute Gasteiger partial charge is 0.253 e. The summed E-state index contributed by atoms with van der Waals surface area (Å²) in [6, 6.07) is 4.62. The first-order chi connectivity index (χ1) is 12.3. The second kappa shape index (κ2) is 8.34. The Kier molecular flexibility index (Phi) is 6.78. The first kappa shape index (κ1) is 21.9. The summed E-state index contributed by atoms with van der Waals surface area (Å²) in [5, 5.41) is 3.42. The number of halogens is 1. The van der Waals surface area contributed by atoms with Gasteiger partial charge in [-0.25, -0.2) is 12.7 Å². The van der Waals surface area contributed by atoms with Gasteiger partial charge in [-0.05, 0) is 49.4 Å². The number of ether oxygens (including phenoxy) is 1. The van der Waals surface area contributed by atoms with E-state index in [2.05, 4.69) is 5.32 Å². The summed E-state index contributed by atoms with van der Waals surface area (Å²) in [6.45, 7) is 3.51. The molecule has 0 atom stereocenters. The Labute approximate surface area is 167 Å². The molecule has 1 amide bonds. The van der Waals surface area contributed by atoms with Crippen molar-refractivity contribution in [3.8, 4) is 5.75 Å². The van der Waals surface area contributed by atoms with Crippen molar-refractivity contribution >= 4 is 28.3 Å². The number of hydrogen-bond donors (Lipinski definition) is 1. The van der Waals surface area contributed by atoms with Crippen LogP contribution in [-0.4, -0.2) is 70.9 Å². The number of nitrogens with zero attached hydrogens (tertiary/aromatic N) is 2. The summed E-state index contributed by atoms with van der Waals surface area (Å²) in [7, 11) is 0.649. The molecule has 152 valence electrons. The molecule has 2 fully saturated rings. The fourth-order valence-corrected chi connectivity index (χ4v) is 4.87. The van der Waals surface area contributed by atoms with Gasteiger partial charge < -0.3 is 15.0 Å². The molecule has 1 aromatic carbocycles. The van der Waals surface area contributed by atoms with Crippen LogP contribution in [0.5, 0.6) is 5.75 Å². The van der Waals surface area contributed by atoms with Crippen LogP contribution in [0, 0.1) is 5.41 Å². The maximum absolute atomic E-state index is 12.9. The van der Waals surface area contributed by atoms with Crippen LogP contribution in [0.15, 0.2) is 23.1 Å². The number of hydrogen-bond acceptors (Lipinski definition) is 5. The van der Waals surface area contributed by atoms with E-state index in [-0.39, 0.29) is 29.0 Å². The predicted molar refractivity (Wildman–Crippen MR) is 106 cm³/mol. The van der Waals surface area contributed by atoms with E-state index >= 15 is 0 Å². The topological polar surface area (TPSA) is 79.0 Å². The highest BCUT2D eigenvalue weighted by Gasteiger charge is 2.38. The number of benzene rings is 1. The van der Waals surface area contributed by atoms with Gasteiger partial charge in [-0.3, -0.25) is 4.79 Å². The molecular formula is C18H28ClN3O4S. The minimum Gasteiger partial charge on any atom is -0.495 e. The summed E-state index contributed by atoms with van der Waals surface area (Å²) in [5.74, 6) is 0.119. The SMILES string of the molecule is COc1ccc(C(=O)N2CCC3(CCNC3)CC2)cc1S(=O)(=O)N(C)C.Cl. The van der Waals surface area contributed by atoms with Crippen LogP contribution in [0.4, 0.5) is 0 Å². The number of methoxy groups -OCH3 is 1. The van der Waals surface area contributed by atoms with Gasteiger partial charge in [-0.15, -0.1) is 12.4 Å². The van der Waals surface area contributed by atoms with Gasteiger partial charge in [-0.2, -0.15) is 0 Å². The van der Waals surface area contributed by atoms with E-state index in [4.69, 9.17) is 4.74 Å². The van der Waals surface area contributed by atoms with Crippen molar-refractivity contribution in [2.24, 2.45) is 5.41 Å². The van der Waals surface area contributed by atoms with E-state index < -0.39 is 10.0 Å². The second-order valence-electron chi connectivity index (χ2n) is 7.37. The van der Waals surface area contributed by atoms with Crippen LogP contribution in [-0.2, 0) is 10.0 Å². The van der Waals surface area contributed by atoms with Crippen LogP contribution < -0.4 is 10.1 Å². The fourth-order valence-electron chi connectivity index (χ4n) is 3.80. The lowest BCUT2D eigenvalue weighted by Crippen LogP contribution is -2.44. The number of rotatable bonds is 4. The van der Waals surface area contributed by atoms with Crippen LogP contribution in [0.25, 0.3) is 0 Å². The molecule has 27 heavy (non-hydrogen) atoms. The molecule has 9 heteroatoms. The van der Waals surface area contributed by atoms with Crippen molar-refractivity contribution in [2.45, 2.75) is 24.2 Å². The summed E-state index contributed by atoms with van der Waals surface area (Å²) in [6.07, 6.45) is 3.15. The largest absolute Gasteiger partial charge is 0.495 e. The number of sulfonamides is 1. The minimum atomic E-state index is -3.70. The van der Waals surface area contributed by atoms with Crippen LogP contribution >= 0.6 is 12.4 Å². The lowest BCUT2D eigenvalue weighted by molar-refractivity contribution is 0.0607. The molecule has 1 spiro atoms. The van der Waals surface area contributed by atoms with Gasteiger partial charge >= 0.3 is 0 Å². The van der Waals surface area contributed by atoms with E-state index in [1.807, 2.05) is 4.90 Å². The zero-order chi connectivity index (χ0) is 18.9. The molecule has 2 aliphatic heterocycles. The highest BCUT2D eigenvalue weighted by Crippen LogP contribution is 2.37. The highest BCUT2D eigenvalue weighted by molar-refractivity contribution is 7.89. The fraction of sp³-hybridized carbons (Fsp3) is 0.611. The van der Waals surface area contributed by atoms with E-state index in [1.54, 1.807) is 12.1 Å². The van der Waals surface area contributed by atoms with Gasteiger partial charge in [0.05, 0.1) is 7.11 Å². The first-order valence-corrected chi connectivity index (χ1v) is 10.3. The van der Waals surface area contributed by atoms with Gasteiger partial charge in [0, 0.05) is 39.3 Å². The van der Waals surface area contributed by atoms with Crippen molar-refractivity contribution in [3.05, 3.63) is 23.8 Å². The Morgan fingerprint density at radius 1 is 1.22 bits per heavy atom. The third-order valence-corrected chi connectivity index (χ3v) is 7.45. The van der Waals surface area contributed by atoms with E-state index in [1.165, 1.54) is 33.7 Å². The quantitative estimate of drug-likeness (QED) is 0.804. The Morgan fingerprint density at radius 3 is 2.41 bits per heavy atom. The number of likely N-dealkylation sites (tertiary alicyclic amines) is 1. The van der Waals surface area contributed by atoms with E-state index in [9.17, 15) is 13.2 Å². The normalized spacial score (nSPS) is 19.2. The molecule has 7 nitrogen and oxygen atoms in total. The Balaban J connectivity index is 0.00000261. The van der Waals surface area contributed by atoms with E-state index in [0.29, 0.717) is 24.1 Å². The number of carbonyl (C=O) groups excluding carboxylic acids is 1. The van der Waals surface area contributed by atoms with Gasteiger partial charge in [0.15, 0.2) is 0 Å². The molecule has 2 aliphatic rings. The van der Waals surface area contributed by atoms with Crippen molar-refractivity contribution in [3.63, 3.8) is 0 Å². The molecule has 0 bridgehead atoms. The third kappa shape index (κ3) is 4.23. The highest BCUT2D eigenvalue weighted by atomic mass is 35.5. The zero-order valence-electron chi connectivity index (χ0n) is 16.0. The summed E-state index contributed by atoms with van der Waals surface area (Å²) < 4.78 is 31.4. The monoisotopic (exact) mass is 417 g/mol. The molecule has 1 aromatic rings. The molecule has 1 N–H and O–H groups in total. The van der Waals surface area contributed by atoms with E-state index in [0.717, 1.165) is 30.2 Å². The lowest BCUT2D eigenvalue weighted by Gasteiger charge is -2.39. The third-order valence-electron chi connectivity index (χ3n) is 5.61. The van der Waals surface area contributed by atoms with Gasteiger partial charge in [0.2, 0.25) is 10.0 Å². The number of nitrogens with one attached hydrogen (secondary N) is 1. The van der Waals surface area contributed by atoms with Crippen LogP contribution in [0.3, 0.4) is 0 Å². The molecule has 0 unspecified atom stereocenters. The molecule has 0 aliphatic carbocycles. The molecule has 3 rings (SSSR count). The molecule has 2 saturated heterocycles. The van der Waals surface area contributed by atoms with Crippen molar-refractivity contribution in [2.75, 3.05) is 47.4 Å². The summed E-state index contributed by atoms with van der Waals surface area (Å²) in [5.41, 5.74) is 0.711. The minimum absolute atomic E-state index is 0. The molecule has 2 heterocycles. The second-order valence-corrected chi connectivity index (χ2v) is 9.49. The molecule has 0 radical (unpaired) electrons. The number of carbonyl (C=O) groups is 1. The van der Waals surface area contributed by atoms with Crippen molar-refractivity contribution in [1.82, 2.24) is 14.5 Å². The Morgan fingerprint density at radius 2 is 1.89 bits per heavy atom. The Hall–Kier alpha value is -1.35. The zero-order valence-corrected chi connectivity index (χ0v) is 17.7. The maximum Gasteiger partial charge on any atom is 0.253 e. The van der Waals surface area contributed by atoms with Crippen molar-refractivity contribution < 1.29 is 17.9 Å². The standard InChI is InChI=1S/C18H27N3O4S.ClH/c1-20(2)26(23,24)16-12-14(4-5-15(16)25-3)17(22)21-10-7-18(8-11-21)6-9-19-13-18;/h4-5,12,19H,6-11,13H2,1-3H3;1H. The van der Waals surface area contributed by atoms with Gasteiger partial charge in [-0.1, -0.05) is 0 Å².